The van der Waals surface area contributed by atoms with E-state index in [1.165, 1.54) is 16.9 Å². The van der Waals surface area contributed by atoms with Crippen molar-refractivity contribution in [3.63, 3.8) is 0 Å². The minimum Gasteiger partial charge on any atom is -0.481 e. The number of thiazole rings is 1. The van der Waals surface area contributed by atoms with Gasteiger partial charge >= 0.3 is 5.97 Å². The van der Waals surface area contributed by atoms with E-state index in [2.05, 4.69) is 4.98 Å². The first kappa shape index (κ1) is 14.5. The van der Waals surface area contributed by atoms with Gasteiger partial charge in [-0.3, -0.25) is 4.79 Å². The Bertz CT molecular complexity index is 814. The molecule has 1 heterocycles. The summed E-state index contributed by atoms with van der Waals surface area (Å²) in [6.07, 6.45) is 1.87. The molecule has 0 aliphatic heterocycles. The molecule has 3 nitrogen and oxygen atoms in total. The van der Waals surface area contributed by atoms with E-state index in [1.54, 1.807) is 0 Å². The van der Waals surface area contributed by atoms with Gasteiger partial charge in [-0.25, -0.2) is 4.98 Å². The van der Waals surface area contributed by atoms with E-state index in [4.69, 9.17) is 0 Å². The highest BCUT2D eigenvalue weighted by molar-refractivity contribution is 7.19. The normalized spacial score (nSPS) is 11.8. The molecule has 2 aromatic carbocycles. The molecule has 1 N–H and O–H groups in total. The molecule has 0 fully saturated rings. The molecule has 110 valence electrons. The Labute approximate surface area is 132 Å². The third-order valence-corrected chi connectivity index (χ3v) is 4.44. The molecule has 0 saturated heterocycles. The van der Waals surface area contributed by atoms with Crippen LogP contribution >= 0.6 is 11.3 Å². The van der Waals surface area contributed by atoms with Gasteiger partial charge in [0.2, 0.25) is 0 Å². The maximum atomic E-state index is 11.2. The number of aliphatic carboxylic acids is 1. The third kappa shape index (κ3) is 3.23. The summed E-state index contributed by atoms with van der Waals surface area (Å²) in [6.45, 7) is 2.03. The maximum absolute atomic E-state index is 11.2. The summed E-state index contributed by atoms with van der Waals surface area (Å²) in [5.74, 6) is -0.849. The fourth-order valence-electron chi connectivity index (χ4n) is 2.22. The molecule has 3 rings (SSSR count). The Morgan fingerprint density at radius 3 is 2.59 bits per heavy atom. The zero-order valence-electron chi connectivity index (χ0n) is 12.1. The van der Waals surface area contributed by atoms with Gasteiger partial charge < -0.3 is 5.11 Å². The number of hydrogen-bond acceptors (Lipinski definition) is 3. The predicted molar refractivity (Wildman–Crippen MR) is 90.9 cm³/mol. The molecular formula is C18H15NO2S. The second-order valence-electron chi connectivity index (χ2n) is 5.14. The molecule has 0 aliphatic rings. The zero-order valence-corrected chi connectivity index (χ0v) is 12.9. The molecule has 0 spiro atoms. The van der Waals surface area contributed by atoms with Gasteiger partial charge in [-0.1, -0.05) is 42.0 Å². The van der Waals surface area contributed by atoms with Crippen molar-refractivity contribution in [2.24, 2.45) is 0 Å². The lowest BCUT2D eigenvalue weighted by Gasteiger charge is -2.02. The number of aromatic nitrogens is 1. The van der Waals surface area contributed by atoms with Crippen molar-refractivity contribution in [3.05, 3.63) is 64.7 Å². The Morgan fingerprint density at radius 1 is 1.18 bits per heavy atom. The molecule has 0 aliphatic carbocycles. The number of nitrogens with zero attached hydrogens (tertiary/aromatic N) is 1. The van der Waals surface area contributed by atoms with Crippen molar-refractivity contribution in [3.8, 4) is 0 Å². The predicted octanol–water partition coefficient (Wildman–Crippen LogP) is 4.62. The topological polar surface area (TPSA) is 50.2 Å². The molecule has 4 heteroatoms. The first-order chi connectivity index (χ1) is 10.6. The van der Waals surface area contributed by atoms with E-state index in [-0.39, 0.29) is 6.42 Å². The lowest BCUT2D eigenvalue weighted by atomic mass is 10.1. The molecule has 0 saturated carbocycles. The maximum Gasteiger partial charge on any atom is 0.307 e. The molecule has 22 heavy (non-hydrogen) atoms. The summed E-state index contributed by atoms with van der Waals surface area (Å²) in [6, 6.07) is 15.9. The van der Waals surface area contributed by atoms with Crippen LogP contribution in [0.5, 0.6) is 0 Å². The molecule has 0 unspecified atom stereocenters. The first-order valence-electron chi connectivity index (χ1n) is 6.97. The van der Waals surface area contributed by atoms with Crippen LogP contribution in [0.2, 0.25) is 0 Å². The highest BCUT2D eigenvalue weighted by atomic mass is 32.1. The quantitative estimate of drug-likeness (QED) is 0.765. The number of rotatable bonds is 4. The van der Waals surface area contributed by atoms with Gasteiger partial charge in [0.05, 0.1) is 16.6 Å². The number of benzene rings is 2. The fraction of sp³-hybridized carbons (Fsp3) is 0.111. The lowest BCUT2D eigenvalue weighted by Crippen LogP contribution is -1.97. The molecule has 0 atom stereocenters. The SMILES string of the molecule is Cc1ccc(/C=C(/CC(=O)O)c2nc3ccccc3s2)cc1. The minimum absolute atomic E-state index is 0.0340. The Balaban J connectivity index is 2.05. The highest BCUT2D eigenvalue weighted by Crippen LogP contribution is 2.30. The van der Waals surface area contributed by atoms with Gasteiger partial charge in [0.25, 0.3) is 0 Å². The Kier molecular flexibility index (Phi) is 4.02. The van der Waals surface area contributed by atoms with Crippen LogP contribution in [0.25, 0.3) is 21.9 Å². The largest absolute Gasteiger partial charge is 0.481 e. The van der Waals surface area contributed by atoms with Crippen LogP contribution in [0.4, 0.5) is 0 Å². The van der Waals surface area contributed by atoms with Crippen molar-refractivity contribution in [2.75, 3.05) is 0 Å². The van der Waals surface area contributed by atoms with Gasteiger partial charge in [-0.15, -0.1) is 11.3 Å². The smallest absolute Gasteiger partial charge is 0.307 e. The van der Waals surface area contributed by atoms with Crippen LogP contribution in [-0.2, 0) is 4.79 Å². The number of aryl methyl sites for hydroxylation is 1. The standard InChI is InChI=1S/C18H15NO2S/c1-12-6-8-13(9-7-12)10-14(11-17(20)21)18-19-15-4-2-3-5-16(15)22-18/h2-10H,11H2,1H3,(H,20,21)/b14-10-. The van der Waals surface area contributed by atoms with Crippen molar-refractivity contribution in [1.82, 2.24) is 4.98 Å². The van der Waals surface area contributed by atoms with Gasteiger partial charge in [0, 0.05) is 0 Å². The second kappa shape index (κ2) is 6.12. The summed E-state index contributed by atoms with van der Waals surface area (Å²) in [5.41, 5.74) is 3.80. The van der Waals surface area contributed by atoms with Gasteiger partial charge in [-0.05, 0) is 36.3 Å². The van der Waals surface area contributed by atoms with Crippen LogP contribution in [0.1, 0.15) is 22.6 Å². The van der Waals surface area contributed by atoms with Crippen molar-refractivity contribution < 1.29 is 9.90 Å². The number of carboxylic acids is 1. The minimum atomic E-state index is -0.849. The van der Waals surface area contributed by atoms with Crippen LogP contribution in [0, 0.1) is 6.92 Å². The molecule has 1 aromatic heterocycles. The Morgan fingerprint density at radius 2 is 1.91 bits per heavy atom. The molecule has 0 radical (unpaired) electrons. The molecule has 0 bridgehead atoms. The molecular weight excluding hydrogens is 294 g/mol. The number of fused-ring (bicyclic) bond motifs is 1. The number of carbonyl (C=O) groups is 1. The summed E-state index contributed by atoms with van der Waals surface area (Å²) in [5, 5.41) is 9.95. The van der Waals surface area contributed by atoms with E-state index < -0.39 is 5.97 Å². The zero-order chi connectivity index (χ0) is 15.5. The fourth-order valence-corrected chi connectivity index (χ4v) is 3.20. The van der Waals surface area contributed by atoms with Crippen molar-refractivity contribution in [2.45, 2.75) is 13.3 Å². The van der Waals surface area contributed by atoms with E-state index in [0.717, 1.165) is 26.4 Å². The molecule has 3 aromatic rings. The van der Waals surface area contributed by atoms with Crippen molar-refractivity contribution in [1.29, 1.82) is 0 Å². The summed E-state index contributed by atoms with van der Waals surface area (Å²) >= 11 is 1.53. The van der Waals surface area contributed by atoms with Gasteiger partial charge in [0.15, 0.2) is 0 Å². The third-order valence-electron chi connectivity index (χ3n) is 3.33. The van der Waals surface area contributed by atoms with Crippen LogP contribution < -0.4 is 0 Å². The van der Waals surface area contributed by atoms with E-state index in [9.17, 15) is 9.90 Å². The summed E-state index contributed by atoms with van der Waals surface area (Å²) in [4.78, 5) is 15.7. The van der Waals surface area contributed by atoms with E-state index in [1.807, 2.05) is 61.5 Å². The summed E-state index contributed by atoms with van der Waals surface area (Å²) < 4.78 is 1.07. The monoisotopic (exact) mass is 309 g/mol. The number of hydrogen-bond donors (Lipinski definition) is 1. The average molecular weight is 309 g/mol. The highest BCUT2D eigenvalue weighted by Gasteiger charge is 2.12. The van der Waals surface area contributed by atoms with Crippen LogP contribution in [-0.4, -0.2) is 16.1 Å². The van der Waals surface area contributed by atoms with Crippen molar-refractivity contribution >= 4 is 39.2 Å². The second-order valence-corrected chi connectivity index (χ2v) is 6.17. The van der Waals surface area contributed by atoms with E-state index in [0.29, 0.717) is 0 Å². The van der Waals surface area contributed by atoms with Crippen LogP contribution in [0.15, 0.2) is 48.5 Å². The van der Waals surface area contributed by atoms with Gasteiger partial charge in [0.1, 0.15) is 5.01 Å². The van der Waals surface area contributed by atoms with E-state index >= 15 is 0 Å². The Hall–Kier alpha value is -2.46. The summed E-state index contributed by atoms with van der Waals surface area (Å²) in [7, 11) is 0. The number of carboxylic acid groups (broad SMARTS) is 1. The molecule has 0 amide bonds. The first-order valence-corrected chi connectivity index (χ1v) is 7.78. The average Bonchev–Trinajstić information content (AvgIpc) is 2.92. The van der Waals surface area contributed by atoms with Crippen LogP contribution in [0.3, 0.4) is 0 Å². The number of para-hydroxylation sites is 1. The lowest BCUT2D eigenvalue weighted by molar-refractivity contribution is -0.135. The van der Waals surface area contributed by atoms with Gasteiger partial charge in [-0.2, -0.15) is 0 Å².